The van der Waals surface area contributed by atoms with Gasteiger partial charge in [-0.25, -0.2) is 0 Å². The van der Waals surface area contributed by atoms with Gasteiger partial charge >= 0.3 is 0 Å². The van der Waals surface area contributed by atoms with Gasteiger partial charge in [-0.2, -0.15) is 0 Å². The van der Waals surface area contributed by atoms with Gasteiger partial charge in [0.15, 0.2) is 0 Å². The number of carbonyl (C=O) groups excluding carboxylic acids is 2. The zero-order chi connectivity index (χ0) is 19.5. The quantitative estimate of drug-likeness (QED) is 0.363. The predicted octanol–water partition coefficient (Wildman–Crippen LogP) is 5.44. The summed E-state index contributed by atoms with van der Waals surface area (Å²) in [7, 11) is 0. The highest BCUT2D eigenvalue weighted by molar-refractivity contribution is 9.24. The summed E-state index contributed by atoms with van der Waals surface area (Å²) in [6.07, 6.45) is 1.65. The molecular weight excluding hydrogens is 575 g/mol. The van der Waals surface area contributed by atoms with Crippen LogP contribution in [-0.2, 0) is 4.79 Å². The summed E-state index contributed by atoms with van der Waals surface area (Å²) in [4.78, 5) is 25.4. The maximum absolute atomic E-state index is 13.0. The Balaban J connectivity index is 1.74. The van der Waals surface area contributed by atoms with Crippen LogP contribution in [0.2, 0.25) is 10.0 Å². The molecule has 9 heteroatoms. The summed E-state index contributed by atoms with van der Waals surface area (Å²) in [5, 5.41) is 0.667. The first kappa shape index (κ1) is 20.9. The molecule has 0 aromatic heterocycles. The fourth-order valence-electron chi connectivity index (χ4n) is 4.66. The van der Waals surface area contributed by atoms with Crippen molar-refractivity contribution in [1.82, 2.24) is 10.9 Å². The summed E-state index contributed by atoms with van der Waals surface area (Å²) in [5.41, 5.74) is 4.40. The van der Waals surface area contributed by atoms with E-state index in [1.807, 2.05) is 0 Å². The number of rotatable bonds is 3. The number of nitrogens with one attached hydrogen (secondary N) is 2. The van der Waals surface area contributed by atoms with Crippen molar-refractivity contribution >= 4 is 82.8 Å². The van der Waals surface area contributed by atoms with E-state index in [9.17, 15) is 9.59 Å². The molecule has 0 radical (unpaired) electrons. The van der Waals surface area contributed by atoms with Gasteiger partial charge in [0.25, 0.3) is 5.91 Å². The van der Waals surface area contributed by atoms with E-state index in [4.69, 9.17) is 23.2 Å². The second kappa shape index (κ2) is 6.90. The Kier molecular flexibility index (Phi) is 5.55. The van der Waals surface area contributed by atoms with Crippen molar-refractivity contribution < 1.29 is 9.59 Å². The van der Waals surface area contributed by atoms with Crippen LogP contribution in [0.3, 0.4) is 0 Å². The second-order valence-electron chi connectivity index (χ2n) is 7.33. The minimum atomic E-state index is -0.593. The Hall–Kier alpha value is 0.180. The number of hydrogen-bond acceptors (Lipinski definition) is 2. The number of hydrazine groups is 1. The number of hydrogen-bond donors (Lipinski definition) is 2. The Bertz CT molecular complexity index is 789. The van der Waals surface area contributed by atoms with Gasteiger partial charge in [0.05, 0.1) is 19.7 Å². The summed E-state index contributed by atoms with van der Waals surface area (Å²) >= 11 is 22.9. The van der Waals surface area contributed by atoms with Crippen molar-refractivity contribution in [3.8, 4) is 0 Å². The van der Waals surface area contributed by atoms with Gasteiger partial charge < -0.3 is 0 Å². The third kappa shape index (κ3) is 2.56. The molecule has 3 fully saturated rings. The van der Waals surface area contributed by atoms with E-state index < -0.39 is 11.3 Å². The van der Waals surface area contributed by atoms with Crippen molar-refractivity contribution in [3.63, 3.8) is 0 Å². The van der Waals surface area contributed by atoms with Crippen LogP contribution in [0.4, 0.5) is 0 Å². The monoisotopic (exact) mass is 588 g/mol. The zero-order valence-electron chi connectivity index (χ0n) is 14.0. The lowest BCUT2D eigenvalue weighted by molar-refractivity contribution is -0.162. The van der Waals surface area contributed by atoms with Crippen LogP contribution in [0.1, 0.15) is 37.0 Å². The maximum Gasteiger partial charge on any atom is 0.271 e. The maximum atomic E-state index is 13.0. The Morgan fingerprint density at radius 3 is 2.35 bits per heavy atom. The Morgan fingerprint density at radius 1 is 1.19 bits per heavy atom. The highest BCUT2D eigenvalue weighted by atomic mass is 79.9. The highest BCUT2D eigenvalue weighted by Crippen LogP contribution is 2.82. The molecule has 2 bridgehead atoms. The molecule has 4 nitrogen and oxygen atoms in total. The zero-order valence-corrected chi connectivity index (χ0v) is 20.3. The molecule has 3 unspecified atom stereocenters. The lowest BCUT2D eigenvalue weighted by atomic mass is 9.43. The van der Waals surface area contributed by atoms with Crippen molar-refractivity contribution in [3.05, 3.63) is 33.8 Å². The standard InChI is InChI=1S/C17H17Br3Cl2N2O2/c1-15(2)16(13(19)20)5-6-17(15,12(16)18)14(26)24-23-11(25)9-4-3-8(21)7-10(9)22/h3-4,7,12-13H,5-6H2,1-2H3,(H,23,25)(H,24,26). The molecular formula is C17H17Br3Cl2N2O2. The van der Waals surface area contributed by atoms with Crippen LogP contribution in [0.15, 0.2) is 18.2 Å². The molecule has 2 N–H and O–H groups in total. The van der Waals surface area contributed by atoms with Crippen molar-refractivity contribution in [2.24, 2.45) is 16.2 Å². The molecule has 142 valence electrons. The molecule has 3 atom stereocenters. The van der Waals surface area contributed by atoms with Crippen LogP contribution in [-0.4, -0.2) is 20.4 Å². The van der Waals surface area contributed by atoms with E-state index in [1.54, 1.807) is 6.07 Å². The molecule has 3 saturated carbocycles. The van der Waals surface area contributed by atoms with E-state index in [1.165, 1.54) is 12.1 Å². The number of benzene rings is 1. The first-order valence-electron chi connectivity index (χ1n) is 8.00. The smallest absolute Gasteiger partial charge is 0.271 e. The average molecular weight is 592 g/mol. The number of halogens is 5. The van der Waals surface area contributed by atoms with Gasteiger partial charge in [0.1, 0.15) is 0 Å². The molecule has 0 saturated heterocycles. The molecule has 0 heterocycles. The van der Waals surface area contributed by atoms with Crippen LogP contribution < -0.4 is 10.9 Å². The highest BCUT2D eigenvalue weighted by Gasteiger charge is 2.83. The van der Waals surface area contributed by atoms with Gasteiger partial charge in [-0.1, -0.05) is 84.8 Å². The van der Waals surface area contributed by atoms with Gasteiger partial charge in [0.2, 0.25) is 5.91 Å². The minimum Gasteiger partial charge on any atom is -0.273 e. The molecule has 3 aliphatic rings. The number of carbonyl (C=O) groups is 2. The molecule has 3 aliphatic carbocycles. The lowest BCUT2D eigenvalue weighted by Crippen LogP contribution is -2.72. The summed E-state index contributed by atoms with van der Waals surface area (Å²) in [6.45, 7) is 4.20. The Morgan fingerprint density at radius 2 is 1.85 bits per heavy atom. The van der Waals surface area contributed by atoms with Crippen molar-refractivity contribution in [2.45, 2.75) is 35.3 Å². The van der Waals surface area contributed by atoms with Gasteiger partial charge in [-0.15, -0.1) is 0 Å². The molecule has 1 aromatic rings. The SMILES string of the molecule is CC1(C)C2(C(=O)NNC(=O)c3ccc(Cl)cc3Cl)CCC1(C(Br)Br)C2Br. The largest absolute Gasteiger partial charge is 0.273 e. The minimum absolute atomic E-state index is 0.00253. The molecule has 1 aromatic carbocycles. The number of amides is 2. The van der Waals surface area contributed by atoms with Crippen molar-refractivity contribution in [1.29, 1.82) is 0 Å². The second-order valence-corrected chi connectivity index (χ2v) is 12.2. The van der Waals surface area contributed by atoms with E-state index in [0.717, 1.165) is 12.8 Å². The molecule has 4 rings (SSSR count). The Labute approximate surface area is 187 Å². The van der Waals surface area contributed by atoms with Crippen LogP contribution in [0.25, 0.3) is 0 Å². The van der Waals surface area contributed by atoms with Crippen LogP contribution in [0, 0.1) is 16.2 Å². The fourth-order valence-corrected chi connectivity index (χ4v) is 10.1. The number of fused-ring (bicyclic) bond motifs is 1. The first-order chi connectivity index (χ1) is 12.0. The van der Waals surface area contributed by atoms with Crippen LogP contribution >= 0.6 is 71.0 Å². The average Bonchev–Trinajstić information content (AvgIpc) is 3.02. The molecule has 0 spiro atoms. The summed E-state index contributed by atoms with van der Waals surface area (Å²) in [6, 6.07) is 4.58. The van der Waals surface area contributed by atoms with Gasteiger partial charge in [0, 0.05) is 15.3 Å². The van der Waals surface area contributed by atoms with E-state index in [2.05, 4.69) is 72.5 Å². The topological polar surface area (TPSA) is 58.2 Å². The number of alkyl halides is 3. The lowest BCUT2D eigenvalue weighted by Gasteiger charge is -2.66. The fraction of sp³-hybridized carbons (Fsp3) is 0.529. The van der Waals surface area contributed by atoms with Crippen LogP contribution in [0.5, 0.6) is 0 Å². The molecule has 26 heavy (non-hydrogen) atoms. The van der Waals surface area contributed by atoms with Gasteiger partial charge in [-0.3, -0.25) is 20.4 Å². The van der Waals surface area contributed by atoms with Crippen molar-refractivity contribution in [2.75, 3.05) is 0 Å². The first-order valence-corrected chi connectivity index (χ1v) is 11.5. The predicted molar refractivity (Wildman–Crippen MR) is 114 cm³/mol. The third-order valence-electron chi connectivity index (χ3n) is 6.36. The normalized spacial score (nSPS) is 31.5. The van der Waals surface area contributed by atoms with E-state index in [0.29, 0.717) is 5.02 Å². The molecule has 2 amide bonds. The summed E-state index contributed by atoms with van der Waals surface area (Å²) in [5.74, 6) is -0.681. The van der Waals surface area contributed by atoms with E-state index >= 15 is 0 Å². The third-order valence-corrected chi connectivity index (χ3v) is 10.1. The molecule has 0 aliphatic heterocycles. The summed E-state index contributed by atoms with van der Waals surface area (Å²) < 4.78 is 0.0905. The van der Waals surface area contributed by atoms with E-state index in [-0.39, 0.29) is 35.9 Å². The van der Waals surface area contributed by atoms with Gasteiger partial charge in [-0.05, 0) is 36.5 Å².